The van der Waals surface area contributed by atoms with Gasteiger partial charge in [-0.1, -0.05) is 6.92 Å². The van der Waals surface area contributed by atoms with Crippen LogP contribution in [0.25, 0.3) is 11.0 Å². The molecule has 4 nitrogen and oxygen atoms in total. The van der Waals surface area contributed by atoms with Gasteiger partial charge in [-0.2, -0.15) is 0 Å². The van der Waals surface area contributed by atoms with E-state index in [0.717, 1.165) is 28.8 Å². The number of hydrogen-bond donors (Lipinski definition) is 2. The minimum atomic E-state index is 0.137. The van der Waals surface area contributed by atoms with Crippen LogP contribution in [0.5, 0.6) is 0 Å². The molecule has 1 aromatic carbocycles. The summed E-state index contributed by atoms with van der Waals surface area (Å²) >= 11 is 0. The molecule has 0 bridgehead atoms. The van der Waals surface area contributed by atoms with E-state index < -0.39 is 0 Å². The van der Waals surface area contributed by atoms with E-state index in [1.54, 1.807) is 0 Å². The summed E-state index contributed by atoms with van der Waals surface area (Å²) in [7, 11) is 0. The third kappa shape index (κ3) is 2.53. The van der Waals surface area contributed by atoms with Gasteiger partial charge >= 0.3 is 0 Å². The summed E-state index contributed by atoms with van der Waals surface area (Å²) in [6.07, 6.45) is 1.93. The zero-order valence-electron chi connectivity index (χ0n) is 9.86. The zero-order chi connectivity index (χ0) is 12.3. The van der Waals surface area contributed by atoms with Crippen LogP contribution in [0.15, 0.2) is 18.2 Å². The van der Waals surface area contributed by atoms with Gasteiger partial charge in [0.05, 0.1) is 11.0 Å². The molecule has 0 amide bonds. The highest BCUT2D eigenvalue weighted by Crippen LogP contribution is 2.15. The molecule has 0 spiro atoms. The van der Waals surface area contributed by atoms with Crippen molar-refractivity contribution in [1.82, 2.24) is 9.97 Å². The van der Waals surface area contributed by atoms with Crippen molar-refractivity contribution < 1.29 is 9.90 Å². The maximum atomic E-state index is 11.6. The van der Waals surface area contributed by atoms with E-state index in [1.807, 2.05) is 25.1 Å². The summed E-state index contributed by atoms with van der Waals surface area (Å²) in [6.45, 7) is 2.02. The molecule has 1 aromatic heterocycles. The largest absolute Gasteiger partial charge is 0.396 e. The summed E-state index contributed by atoms with van der Waals surface area (Å²) in [4.78, 5) is 19.1. The number of nitrogens with zero attached hydrogens (tertiary/aromatic N) is 1. The molecule has 0 unspecified atom stereocenters. The molecule has 0 fully saturated rings. The topological polar surface area (TPSA) is 66.0 Å². The fourth-order valence-electron chi connectivity index (χ4n) is 1.80. The Labute approximate surface area is 99.7 Å². The maximum absolute atomic E-state index is 11.6. The molecule has 0 aliphatic carbocycles. The minimum absolute atomic E-state index is 0.137. The molecule has 90 valence electrons. The van der Waals surface area contributed by atoms with Crippen molar-refractivity contribution in [3.05, 3.63) is 29.6 Å². The lowest BCUT2D eigenvalue weighted by Gasteiger charge is -1.96. The van der Waals surface area contributed by atoms with Crippen molar-refractivity contribution in [2.45, 2.75) is 26.2 Å². The third-order valence-electron chi connectivity index (χ3n) is 2.75. The van der Waals surface area contributed by atoms with Crippen LogP contribution in [0.4, 0.5) is 0 Å². The molecule has 0 radical (unpaired) electrons. The number of aryl methyl sites for hydroxylation is 1. The fraction of sp³-hybridized carbons (Fsp3) is 0.385. The number of carbonyl (C=O) groups excluding carboxylic acids is 1. The van der Waals surface area contributed by atoms with E-state index in [9.17, 15) is 4.79 Å². The normalized spacial score (nSPS) is 10.9. The van der Waals surface area contributed by atoms with Crippen LogP contribution in [-0.2, 0) is 6.42 Å². The molecule has 4 heteroatoms. The summed E-state index contributed by atoms with van der Waals surface area (Å²) in [6, 6.07) is 5.51. The molecule has 0 atom stereocenters. The van der Waals surface area contributed by atoms with E-state index in [-0.39, 0.29) is 12.4 Å². The van der Waals surface area contributed by atoms with E-state index >= 15 is 0 Å². The molecule has 1 heterocycles. The lowest BCUT2D eigenvalue weighted by molar-refractivity contribution is 0.0988. The van der Waals surface area contributed by atoms with Crippen LogP contribution in [0, 0.1) is 0 Å². The standard InChI is InChI=1S/C13H16N2O2/c1-2-12(17)9-5-6-10-11(8-9)15-13(14-10)4-3-7-16/h5-6,8,16H,2-4,7H2,1H3,(H,14,15). The van der Waals surface area contributed by atoms with Gasteiger partial charge in [0.2, 0.25) is 0 Å². The zero-order valence-corrected chi connectivity index (χ0v) is 9.86. The molecule has 0 aliphatic heterocycles. The van der Waals surface area contributed by atoms with Crippen LogP contribution in [0.3, 0.4) is 0 Å². The number of fused-ring (bicyclic) bond motifs is 1. The van der Waals surface area contributed by atoms with E-state index in [4.69, 9.17) is 5.11 Å². The number of ketones is 1. The molecular formula is C13H16N2O2. The predicted molar refractivity (Wildman–Crippen MR) is 66.1 cm³/mol. The number of benzene rings is 1. The van der Waals surface area contributed by atoms with Gasteiger partial charge in [-0.05, 0) is 24.6 Å². The average molecular weight is 232 g/mol. The van der Waals surface area contributed by atoms with Gasteiger partial charge < -0.3 is 10.1 Å². The highest BCUT2D eigenvalue weighted by molar-refractivity contribution is 5.98. The van der Waals surface area contributed by atoms with Crippen molar-refractivity contribution in [2.24, 2.45) is 0 Å². The number of rotatable bonds is 5. The number of hydrogen-bond acceptors (Lipinski definition) is 3. The lowest BCUT2D eigenvalue weighted by atomic mass is 10.1. The van der Waals surface area contributed by atoms with E-state index in [1.165, 1.54) is 0 Å². The van der Waals surface area contributed by atoms with Gasteiger partial charge in [0.1, 0.15) is 5.82 Å². The number of carbonyl (C=O) groups is 1. The predicted octanol–water partition coefficient (Wildman–Crippen LogP) is 2.08. The first kappa shape index (κ1) is 11.8. The summed E-state index contributed by atoms with van der Waals surface area (Å²) in [5.41, 5.74) is 2.47. The van der Waals surface area contributed by atoms with Gasteiger partial charge in [-0.15, -0.1) is 0 Å². The number of imidazole rings is 1. The van der Waals surface area contributed by atoms with E-state index in [0.29, 0.717) is 12.8 Å². The third-order valence-corrected chi connectivity index (χ3v) is 2.75. The van der Waals surface area contributed by atoms with E-state index in [2.05, 4.69) is 9.97 Å². The quantitative estimate of drug-likeness (QED) is 0.776. The van der Waals surface area contributed by atoms with Crippen molar-refractivity contribution in [2.75, 3.05) is 6.61 Å². The second-order valence-corrected chi connectivity index (χ2v) is 4.02. The van der Waals surface area contributed by atoms with Gasteiger partial charge in [-0.25, -0.2) is 4.98 Å². The van der Waals surface area contributed by atoms with Gasteiger partial charge in [0, 0.05) is 25.0 Å². The first-order valence-corrected chi connectivity index (χ1v) is 5.87. The van der Waals surface area contributed by atoms with Crippen molar-refractivity contribution in [1.29, 1.82) is 0 Å². The average Bonchev–Trinajstić information content (AvgIpc) is 2.76. The van der Waals surface area contributed by atoms with Crippen LogP contribution in [0.1, 0.15) is 35.9 Å². The molecule has 0 saturated carbocycles. The number of aliphatic hydroxyl groups excluding tert-OH is 1. The molecule has 0 saturated heterocycles. The highest BCUT2D eigenvalue weighted by atomic mass is 16.2. The number of aromatic nitrogens is 2. The van der Waals surface area contributed by atoms with Gasteiger partial charge in [-0.3, -0.25) is 4.79 Å². The monoisotopic (exact) mass is 232 g/mol. The Bertz CT molecular complexity index is 531. The molecule has 2 rings (SSSR count). The summed E-state index contributed by atoms with van der Waals surface area (Å²) < 4.78 is 0. The molecule has 17 heavy (non-hydrogen) atoms. The van der Waals surface area contributed by atoms with Crippen LogP contribution >= 0.6 is 0 Å². The Morgan fingerprint density at radius 1 is 1.47 bits per heavy atom. The van der Waals surface area contributed by atoms with Crippen molar-refractivity contribution >= 4 is 16.8 Å². The molecular weight excluding hydrogens is 216 g/mol. The van der Waals surface area contributed by atoms with Crippen LogP contribution < -0.4 is 0 Å². The number of Topliss-reactive ketones (excluding diaryl/α,β-unsaturated/α-hetero) is 1. The van der Waals surface area contributed by atoms with Crippen molar-refractivity contribution in [3.8, 4) is 0 Å². The Balaban J connectivity index is 2.31. The highest BCUT2D eigenvalue weighted by Gasteiger charge is 2.07. The number of H-pyrrole nitrogens is 1. The fourth-order valence-corrected chi connectivity index (χ4v) is 1.80. The first-order valence-electron chi connectivity index (χ1n) is 5.87. The summed E-state index contributed by atoms with van der Waals surface area (Å²) in [5.74, 6) is 0.994. The second kappa shape index (κ2) is 5.10. The van der Waals surface area contributed by atoms with Gasteiger partial charge in [0.25, 0.3) is 0 Å². The molecule has 2 aromatic rings. The SMILES string of the molecule is CCC(=O)c1ccc2nc(CCCO)[nH]c2c1. The number of aliphatic hydroxyl groups is 1. The molecule has 2 N–H and O–H groups in total. The summed E-state index contributed by atoms with van der Waals surface area (Å²) in [5, 5.41) is 8.76. The van der Waals surface area contributed by atoms with Crippen molar-refractivity contribution in [3.63, 3.8) is 0 Å². The Hall–Kier alpha value is -1.68. The number of nitrogens with one attached hydrogen (secondary N) is 1. The number of aromatic amines is 1. The molecule has 0 aliphatic rings. The first-order chi connectivity index (χ1) is 8.24. The van der Waals surface area contributed by atoms with Crippen LogP contribution in [0.2, 0.25) is 0 Å². The van der Waals surface area contributed by atoms with Crippen LogP contribution in [-0.4, -0.2) is 27.5 Å². The van der Waals surface area contributed by atoms with Gasteiger partial charge in [0.15, 0.2) is 5.78 Å². The minimum Gasteiger partial charge on any atom is -0.396 e. The lowest BCUT2D eigenvalue weighted by Crippen LogP contribution is -1.95. The smallest absolute Gasteiger partial charge is 0.162 e. The maximum Gasteiger partial charge on any atom is 0.162 e. The Morgan fingerprint density at radius 2 is 2.29 bits per heavy atom. The Kier molecular flexibility index (Phi) is 3.54. The Morgan fingerprint density at radius 3 is 3.00 bits per heavy atom. The second-order valence-electron chi connectivity index (χ2n) is 4.02.